The Labute approximate surface area is 84.3 Å². The molecular formula is C12H16FN. The summed E-state index contributed by atoms with van der Waals surface area (Å²) in [5.74, 6) is -0.128. The first-order chi connectivity index (χ1) is 6.75. The average molecular weight is 193 g/mol. The Balaban J connectivity index is 2.08. The van der Waals surface area contributed by atoms with Crippen LogP contribution in [-0.4, -0.2) is 6.04 Å². The minimum atomic E-state index is -0.128. The summed E-state index contributed by atoms with van der Waals surface area (Å²) in [5, 5.41) is 3.26. The largest absolute Gasteiger partial charge is 0.380 e. The third-order valence-electron chi connectivity index (χ3n) is 2.84. The van der Waals surface area contributed by atoms with Crippen LogP contribution in [0.3, 0.4) is 0 Å². The third-order valence-corrected chi connectivity index (χ3v) is 2.84. The van der Waals surface area contributed by atoms with Gasteiger partial charge in [0.2, 0.25) is 0 Å². The monoisotopic (exact) mass is 193 g/mol. The van der Waals surface area contributed by atoms with Crippen molar-refractivity contribution in [1.29, 1.82) is 0 Å². The van der Waals surface area contributed by atoms with E-state index < -0.39 is 0 Å². The molecule has 0 unspecified atom stereocenters. The van der Waals surface area contributed by atoms with Crippen LogP contribution in [0.1, 0.15) is 31.2 Å². The van der Waals surface area contributed by atoms with Crippen LogP contribution in [0.25, 0.3) is 0 Å². The summed E-state index contributed by atoms with van der Waals surface area (Å²) in [6.45, 7) is 1.91. The van der Waals surface area contributed by atoms with Crippen molar-refractivity contribution in [3.8, 4) is 0 Å². The summed E-state index contributed by atoms with van der Waals surface area (Å²) in [7, 11) is 0. The van der Waals surface area contributed by atoms with Gasteiger partial charge in [0.15, 0.2) is 0 Å². The summed E-state index contributed by atoms with van der Waals surface area (Å²) in [6.07, 6.45) is 4.89. The average Bonchev–Trinajstić information content (AvgIpc) is 2.62. The molecule has 1 aromatic rings. The molecule has 0 bridgehead atoms. The second-order valence-electron chi connectivity index (χ2n) is 4.11. The van der Waals surface area contributed by atoms with Crippen LogP contribution in [0.2, 0.25) is 0 Å². The van der Waals surface area contributed by atoms with Gasteiger partial charge in [-0.05, 0) is 37.5 Å². The van der Waals surface area contributed by atoms with E-state index >= 15 is 0 Å². The summed E-state index contributed by atoms with van der Waals surface area (Å²) in [6, 6.07) is 5.84. The van der Waals surface area contributed by atoms with Crippen LogP contribution in [0.4, 0.5) is 10.1 Å². The Morgan fingerprint density at radius 1 is 1.29 bits per heavy atom. The molecule has 0 spiro atoms. The van der Waals surface area contributed by atoms with E-state index in [1.54, 1.807) is 6.07 Å². The van der Waals surface area contributed by atoms with Gasteiger partial charge in [-0.25, -0.2) is 4.39 Å². The van der Waals surface area contributed by atoms with Crippen molar-refractivity contribution in [2.24, 2.45) is 0 Å². The van der Waals surface area contributed by atoms with E-state index in [0.717, 1.165) is 5.56 Å². The predicted octanol–water partition coefficient (Wildman–Crippen LogP) is 3.49. The van der Waals surface area contributed by atoms with Gasteiger partial charge in [0.25, 0.3) is 0 Å². The number of nitrogens with one attached hydrogen (secondary N) is 1. The molecule has 1 nitrogen and oxygen atoms in total. The van der Waals surface area contributed by atoms with Gasteiger partial charge in [-0.2, -0.15) is 0 Å². The molecule has 0 heterocycles. The minimum Gasteiger partial charge on any atom is -0.380 e. The number of aryl methyl sites for hydroxylation is 1. The van der Waals surface area contributed by atoms with Crippen molar-refractivity contribution in [3.05, 3.63) is 29.6 Å². The molecular weight excluding hydrogens is 177 g/mol. The Bertz CT molecular complexity index is 316. The molecule has 1 N–H and O–H groups in total. The molecule has 2 heteroatoms. The molecule has 1 saturated carbocycles. The molecule has 0 radical (unpaired) electrons. The van der Waals surface area contributed by atoms with Gasteiger partial charge in [0.1, 0.15) is 5.82 Å². The number of hydrogen-bond acceptors (Lipinski definition) is 1. The third kappa shape index (κ3) is 2.06. The maximum Gasteiger partial charge on any atom is 0.146 e. The highest BCUT2D eigenvalue weighted by Gasteiger charge is 2.15. The van der Waals surface area contributed by atoms with Gasteiger partial charge in [-0.1, -0.05) is 18.9 Å². The first-order valence-electron chi connectivity index (χ1n) is 5.28. The van der Waals surface area contributed by atoms with E-state index in [1.807, 2.05) is 19.1 Å². The smallest absolute Gasteiger partial charge is 0.146 e. The molecule has 1 aromatic carbocycles. The maximum atomic E-state index is 13.4. The SMILES string of the molecule is Cc1ccc(NC2CCCC2)c(F)c1. The topological polar surface area (TPSA) is 12.0 Å². The van der Waals surface area contributed by atoms with Crippen molar-refractivity contribution < 1.29 is 4.39 Å². The molecule has 14 heavy (non-hydrogen) atoms. The fourth-order valence-corrected chi connectivity index (χ4v) is 2.03. The van der Waals surface area contributed by atoms with Crippen LogP contribution in [0.15, 0.2) is 18.2 Å². The predicted molar refractivity (Wildman–Crippen MR) is 57.0 cm³/mol. The summed E-state index contributed by atoms with van der Waals surface area (Å²) >= 11 is 0. The Kier molecular flexibility index (Phi) is 2.71. The lowest BCUT2D eigenvalue weighted by Gasteiger charge is -2.14. The van der Waals surface area contributed by atoms with E-state index in [4.69, 9.17) is 0 Å². The van der Waals surface area contributed by atoms with Crippen molar-refractivity contribution in [2.75, 3.05) is 5.32 Å². The molecule has 2 rings (SSSR count). The molecule has 0 atom stereocenters. The highest BCUT2D eigenvalue weighted by molar-refractivity contribution is 5.47. The summed E-state index contributed by atoms with van der Waals surface area (Å²) < 4.78 is 13.4. The second kappa shape index (κ2) is 3.99. The first kappa shape index (κ1) is 9.50. The zero-order valence-corrected chi connectivity index (χ0v) is 8.52. The van der Waals surface area contributed by atoms with Crippen molar-refractivity contribution in [1.82, 2.24) is 0 Å². The molecule has 1 fully saturated rings. The standard InChI is InChI=1S/C12H16FN/c1-9-6-7-12(11(13)8-9)14-10-4-2-3-5-10/h6-8,10,14H,2-5H2,1H3. The number of benzene rings is 1. The molecule has 1 aliphatic rings. The maximum absolute atomic E-state index is 13.4. The lowest BCUT2D eigenvalue weighted by atomic mass is 10.2. The van der Waals surface area contributed by atoms with E-state index in [2.05, 4.69) is 5.32 Å². The fraction of sp³-hybridized carbons (Fsp3) is 0.500. The van der Waals surface area contributed by atoms with Crippen LogP contribution in [-0.2, 0) is 0 Å². The lowest BCUT2D eigenvalue weighted by molar-refractivity contribution is 0.623. The highest BCUT2D eigenvalue weighted by Crippen LogP contribution is 2.24. The van der Waals surface area contributed by atoms with Gasteiger partial charge in [-0.3, -0.25) is 0 Å². The number of hydrogen-bond donors (Lipinski definition) is 1. The summed E-state index contributed by atoms with van der Waals surface area (Å²) in [5.41, 5.74) is 1.63. The molecule has 1 aliphatic carbocycles. The normalized spacial score (nSPS) is 17.3. The Morgan fingerprint density at radius 2 is 2.00 bits per heavy atom. The van der Waals surface area contributed by atoms with Crippen LogP contribution >= 0.6 is 0 Å². The number of anilines is 1. The minimum absolute atomic E-state index is 0.128. The van der Waals surface area contributed by atoms with E-state index in [9.17, 15) is 4.39 Å². The lowest BCUT2D eigenvalue weighted by Crippen LogP contribution is -2.15. The molecule has 0 amide bonds. The number of halogens is 1. The fourth-order valence-electron chi connectivity index (χ4n) is 2.03. The molecule has 0 aromatic heterocycles. The Morgan fingerprint density at radius 3 is 2.64 bits per heavy atom. The second-order valence-corrected chi connectivity index (χ2v) is 4.11. The molecule has 0 saturated heterocycles. The number of rotatable bonds is 2. The van der Waals surface area contributed by atoms with Gasteiger partial charge >= 0.3 is 0 Å². The van der Waals surface area contributed by atoms with Gasteiger partial charge in [-0.15, -0.1) is 0 Å². The van der Waals surface area contributed by atoms with Crippen LogP contribution in [0.5, 0.6) is 0 Å². The van der Waals surface area contributed by atoms with Crippen molar-refractivity contribution >= 4 is 5.69 Å². The van der Waals surface area contributed by atoms with Crippen LogP contribution < -0.4 is 5.32 Å². The van der Waals surface area contributed by atoms with Crippen molar-refractivity contribution in [3.63, 3.8) is 0 Å². The van der Waals surface area contributed by atoms with Gasteiger partial charge < -0.3 is 5.32 Å². The molecule has 0 aliphatic heterocycles. The summed E-state index contributed by atoms with van der Waals surface area (Å²) in [4.78, 5) is 0. The van der Waals surface area contributed by atoms with E-state index in [-0.39, 0.29) is 5.82 Å². The van der Waals surface area contributed by atoms with E-state index in [0.29, 0.717) is 11.7 Å². The van der Waals surface area contributed by atoms with Gasteiger partial charge in [0.05, 0.1) is 5.69 Å². The van der Waals surface area contributed by atoms with Crippen LogP contribution in [0, 0.1) is 12.7 Å². The quantitative estimate of drug-likeness (QED) is 0.758. The van der Waals surface area contributed by atoms with Gasteiger partial charge in [0, 0.05) is 6.04 Å². The van der Waals surface area contributed by atoms with E-state index in [1.165, 1.54) is 25.7 Å². The highest BCUT2D eigenvalue weighted by atomic mass is 19.1. The first-order valence-corrected chi connectivity index (χ1v) is 5.28. The zero-order chi connectivity index (χ0) is 9.97. The van der Waals surface area contributed by atoms with Crippen molar-refractivity contribution in [2.45, 2.75) is 38.6 Å². The Hall–Kier alpha value is -1.05. The molecule has 76 valence electrons. The zero-order valence-electron chi connectivity index (χ0n) is 8.52.